The molecule has 1 unspecified atom stereocenters. The molecule has 0 aromatic carbocycles. The minimum atomic E-state index is -0.684. The highest BCUT2D eigenvalue weighted by Crippen LogP contribution is 2.08. The standard InChI is InChI=1S/C7H14O2.2C2H6.CH4O/c1-3-4-6(2)5-7(8)9;3*1-2/h6H,3-5H2,1-2H3,(H,8,9);2*1-2H3;2H,1H3. The molecule has 3 nitrogen and oxygen atoms in total. The molecule has 0 saturated heterocycles. The number of hydrogen-bond donors (Lipinski definition) is 2. The zero-order valence-electron chi connectivity index (χ0n) is 11.5. The lowest BCUT2D eigenvalue weighted by Crippen LogP contribution is -2.03. The van der Waals surface area contributed by atoms with Gasteiger partial charge in [0.2, 0.25) is 0 Å². The second-order valence-corrected chi connectivity index (χ2v) is 2.49. The van der Waals surface area contributed by atoms with Gasteiger partial charge in [0.05, 0.1) is 0 Å². The number of carboxylic acid groups (broad SMARTS) is 1. The van der Waals surface area contributed by atoms with Crippen LogP contribution in [0.5, 0.6) is 0 Å². The number of rotatable bonds is 4. The number of carbonyl (C=O) groups is 1. The van der Waals surface area contributed by atoms with Gasteiger partial charge in [0.1, 0.15) is 0 Å². The Morgan fingerprint density at radius 2 is 1.47 bits per heavy atom. The summed E-state index contributed by atoms with van der Waals surface area (Å²) in [5, 5.41) is 15.3. The Hall–Kier alpha value is -0.570. The summed E-state index contributed by atoms with van der Waals surface area (Å²) < 4.78 is 0. The third-order valence-electron chi connectivity index (χ3n) is 1.30. The summed E-state index contributed by atoms with van der Waals surface area (Å²) in [5.41, 5.74) is 0. The van der Waals surface area contributed by atoms with Crippen molar-refractivity contribution in [3.05, 3.63) is 0 Å². The van der Waals surface area contributed by atoms with E-state index in [-0.39, 0.29) is 0 Å². The van der Waals surface area contributed by atoms with Crippen LogP contribution in [0.25, 0.3) is 0 Å². The third-order valence-corrected chi connectivity index (χ3v) is 1.30. The predicted octanol–water partition coefficient (Wildman–Crippen LogP) is 3.56. The molecule has 15 heavy (non-hydrogen) atoms. The van der Waals surface area contributed by atoms with E-state index in [1.807, 2.05) is 34.6 Å². The van der Waals surface area contributed by atoms with E-state index in [0.717, 1.165) is 20.0 Å². The molecule has 1 atom stereocenters. The topological polar surface area (TPSA) is 57.5 Å². The summed E-state index contributed by atoms with van der Waals surface area (Å²) in [6.07, 6.45) is 2.41. The molecule has 2 N–H and O–H groups in total. The fourth-order valence-electron chi connectivity index (χ4n) is 0.893. The lowest BCUT2D eigenvalue weighted by Gasteiger charge is -2.03. The van der Waals surface area contributed by atoms with Gasteiger partial charge in [-0.3, -0.25) is 4.79 Å². The minimum Gasteiger partial charge on any atom is -0.481 e. The Labute approximate surface area is 95.5 Å². The summed E-state index contributed by atoms with van der Waals surface area (Å²) in [4.78, 5) is 10.1. The summed E-state index contributed by atoms with van der Waals surface area (Å²) in [5.74, 6) is -0.344. The van der Waals surface area contributed by atoms with Gasteiger partial charge >= 0.3 is 5.97 Å². The first-order valence-electron chi connectivity index (χ1n) is 5.83. The highest BCUT2D eigenvalue weighted by Gasteiger charge is 2.04. The smallest absolute Gasteiger partial charge is 0.303 e. The third kappa shape index (κ3) is 42.4. The fourth-order valence-corrected chi connectivity index (χ4v) is 0.893. The zero-order valence-corrected chi connectivity index (χ0v) is 11.5. The molecular formula is C12H30O3. The van der Waals surface area contributed by atoms with Gasteiger partial charge in [0.15, 0.2) is 0 Å². The Kier molecular flexibility index (Phi) is 46.6. The zero-order chi connectivity index (χ0) is 13.3. The van der Waals surface area contributed by atoms with E-state index in [9.17, 15) is 4.79 Å². The Balaban J connectivity index is -0.0000000860. The average molecular weight is 222 g/mol. The molecule has 0 aliphatic rings. The van der Waals surface area contributed by atoms with Crippen molar-refractivity contribution in [1.82, 2.24) is 0 Å². The molecule has 0 fully saturated rings. The van der Waals surface area contributed by atoms with Crippen LogP contribution in [-0.2, 0) is 4.79 Å². The van der Waals surface area contributed by atoms with Crippen molar-refractivity contribution in [2.75, 3.05) is 7.11 Å². The highest BCUT2D eigenvalue weighted by atomic mass is 16.4. The van der Waals surface area contributed by atoms with Gasteiger partial charge < -0.3 is 10.2 Å². The SMILES string of the molecule is CC.CC.CCCC(C)CC(=O)O.CO. The van der Waals surface area contributed by atoms with Crippen LogP contribution in [0, 0.1) is 5.92 Å². The summed E-state index contributed by atoms with van der Waals surface area (Å²) in [7, 11) is 1.00. The van der Waals surface area contributed by atoms with Crippen LogP contribution in [0.2, 0.25) is 0 Å². The lowest BCUT2D eigenvalue weighted by atomic mass is 10.0. The average Bonchev–Trinajstić information content (AvgIpc) is 2.26. The quantitative estimate of drug-likeness (QED) is 0.764. The molecule has 3 heteroatoms. The van der Waals surface area contributed by atoms with E-state index < -0.39 is 5.97 Å². The first kappa shape index (κ1) is 23.9. The van der Waals surface area contributed by atoms with Gasteiger partial charge in [-0.2, -0.15) is 0 Å². The molecule has 0 aliphatic heterocycles. The monoisotopic (exact) mass is 222 g/mol. The first-order valence-corrected chi connectivity index (χ1v) is 5.83. The molecular weight excluding hydrogens is 192 g/mol. The van der Waals surface area contributed by atoms with Gasteiger partial charge in [-0.1, -0.05) is 54.4 Å². The van der Waals surface area contributed by atoms with E-state index in [1.165, 1.54) is 0 Å². The summed E-state index contributed by atoms with van der Waals surface area (Å²) in [6.45, 7) is 12.0. The molecule has 0 aromatic heterocycles. The van der Waals surface area contributed by atoms with Crippen molar-refractivity contribution >= 4 is 5.97 Å². The van der Waals surface area contributed by atoms with Crippen molar-refractivity contribution in [2.45, 2.75) is 60.8 Å². The van der Waals surface area contributed by atoms with Crippen molar-refractivity contribution in [3.8, 4) is 0 Å². The van der Waals surface area contributed by atoms with E-state index in [0.29, 0.717) is 12.3 Å². The Bertz CT molecular complexity index is 92.9. The maximum absolute atomic E-state index is 10.1. The molecule has 0 saturated carbocycles. The second-order valence-electron chi connectivity index (χ2n) is 2.49. The van der Waals surface area contributed by atoms with Crippen LogP contribution in [0.3, 0.4) is 0 Å². The van der Waals surface area contributed by atoms with E-state index >= 15 is 0 Å². The highest BCUT2D eigenvalue weighted by molar-refractivity contribution is 5.66. The molecule has 0 rings (SSSR count). The van der Waals surface area contributed by atoms with Gasteiger partial charge in [0.25, 0.3) is 0 Å². The van der Waals surface area contributed by atoms with Crippen molar-refractivity contribution in [2.24, 2.45) is 5.92 Å². The molecule has 0 aliphatic carbocycles. The summed E-state index contributed by atoms with van der Waals surface area (Å²) in [6, 6.07) is 0. The van der Waals surface area contributed by atoms with Crippen molar-refractivity contribution in [1.29, 1.82) is 0 Å². The van der Waals surface area contributed by atoms with Crippen LogP contribution in [0.15, 0.2) is 0 Å². The normalized spacial score (nSPS) is 9.07. The number of aliphatic hydroxyl groups excluding tert-OH is 1. The van der Waals surface area contributed by atoms with Gasteiger partial charge in [-0.05, 0) is 5.92 Å². The van der Waals surface area contributed by atoms with Crippen LogP contribution >= 0.6 is 0 Å². The molecule has 0 heterocycles. The number of aliphatic carboxylic acids is 1. The molecule has 0 amide bonds. The molecule has 96 valence electrons. The Morgan fingerprint density at radius 3 is 1.67 bits per heavy atom. The maximum atomic E-state index is 10.1. The van der Waals surface area contributed by atoms with E-state index in [1.54, 1.807) is 0 Å². The lowest BCUT2D eigenvalue weighted by molar-refractivity contribution is -0.138. The maximum Gasteiger partial charge on any atom is 0.303 e. The van der Waals surface area contributed by atoms with Crippen molar-refractivity contribution < 1.29 is 15.0 Å². The van der Waals surface area contributed by atoms with Crippen LogP contribution < -0.4 is 0 Å². The van der Waals surface area contributed by atoms with Crippen molar-refractivity contribution in [3.63, 3.8) is 0 Å². The van der Waals surface area contributed by atoms with Crippen LogP contribution in [0.4, 0.5) is 0 Å². The van der Waals surface area contributed by atoms with E-state index in [2.05, 4.69) is 6.92 Å². The van der Waals surface area contributed by atoms with Gasteiger partial charge in [-0.25, -0.2) is 0 Å². The van der Waals surface area contributed by atoms with E-state index in [4.69, 9.17) is 10.2 Å². The summed E-state index contributed by atoms with van der Waals surface area (Å²) >= 11 is 0. The van der Waals surface area contributed by atoms with Crippen LogP contribution in [-0.4, -0.2) is 23.3 Å². The molecule has 0 spiro atoms. The Morgan fingerprint density at radius 1 is 1.13 bits per heavy atom. The largest absolute Gasteiger partial charge is 0.481 e. The fraction of sp³-hybridized carbons (Fsp3) is 0.917. The predicted molar refractivity (Wildman–Crippen MR) is 67.2 cm³/mol. The molecule has 0 aromatic rings. The van der Waals surface area contributed by atoms with Crippen LogP contribution in [0.1, 0.15) is 60.8 Å². The second kappa shape index (κ2) is 29.2. The first-order chi connectivity index (χ1) is 7.16. The van der Waals surface area contributed by atoms with Gasteiger partial charge in [-0.15, -0.1) is 0 Å². The molecule has 0 radical (unpaired) electrons. The number of carboxylic acids is 1. The molecule has 0 bridgehead atoms. The van der Waals surface area contributed by atoms with Gasteiger partial charge in [0, 0.05) is 13.5 Å². The number of aliphatic hydroxyl groups is 1. The minimum absolute atomic E-state index is 0.313. The number of hydrogen-bond acceptors (Lipinski definition) is 2.